The molecule has 2 aromatic carbocycles. The molecule has 1 unspecified atom stereocenters. The summed E-state index contributed by atoms with van der Waals surface area (Å²) in [5, 5.41) is 16.9. The molecule has 2 aromatic rings. The topological polar surface area (TPSA) is 90.8 Å². The van der Waals surface area contributed by atoms with Gasteiger partial charge >= 0.3 is 0 Å². The summed E-state index contributed by atoms with van der Waals surface area (Å²) in [7, 11) is 0. The van der Waals surface area contributed by atoms with Crippen LogP contribution >= 0.6 is 0 Å². The Morgan fingerprint density at radius 3 is 2.47 bits per heavy atom. The normalized spacial score (nSPS) is 16.2. The molecule has 0 aromatic heterocycles. The summed E-state index contributed by atoms with van der Waals surface area (Å²) >= 11 is 0. The van der Waals surface area contributed by atoms with Gasteiger partial charge in [-0.3, -0.25) is 14.6 Å². The molecule has 1 heterocycles. The maximum atomic E-state index is 13.8. The van der Waals surface area contributed by atoms with Crippen LogP contribution in [-0.4, -0.2) is 41.2 Å². The number of halogens is 2. The van der Waals surface area contributed by atoms with Gasteiger partial charge in [-0.1, -0.05) is 50.6 Å². The molecule has 3 N–H and O–H groups in total. The van der Waals surface area contributed by atoms with E-state index in [4.69, 9.17) is 0 Å². The number of carbonyl (C=O) groups excluding carboxylic acids is 2. The van der Waals surface area contributed by atoms with Crippen molar-refractivity contribution in [3.05, 3.63) is 83.1 Å². The molecule has 0 aliphatic carbocycles. The van der Waals surface area contributed by atoms with E-state index in [-0.39, 0.29) is 31.6 Å². The monoisotopic (exact) mass is 525 g/mol. The van der Waals surface area contributed by atoms with Gasteiger partial charge in [0, 0.05) is 43.9 Å². The number of aliphatic imine (C=N–C) groups is 1. The SMILES string of the molecule is CCCC1=NC=CC1C(=O)CCC(=O)N[C@H](Cc1cc(F)cc(F)c1)[C@@H](O)CNCc1cccc(CC)c1. The average molecular weight is 526 g/mol. The van der Waals surface area contributed by atoms with Crippen LogP contribution in [0.1, 0.15) is 56.2 Å². The maximum absolute atomic E-state index is 13.8. The van der Waals surface area contributed by atoms with Gasteiger partial charge in [0.1, 0.15) is 17.4 Å². The Labute approximate surface area is 223 Å². The van der Waals surface area contributed by atoms with Crippen molar-refractivity contribution in [1.29, 1.82) is 0 Å². The van der Waals surface area contributed by atoms with Crippen LogP contribution in [0.2, 0.25) is 0 Å². The minimum atomic E-state index is -1.03. The third-order valence-corrected chi connectivity index (χ3v) is 6.60. The highest BCUT2D eigenvalue weighted by Gasteiger charge is 2.26. The number of Topliss-reactive ketones (excluding diaryl/α,β-unsaturated/α-hetero) is 1. The number of aliphatic hydroxyl groups excluding tert-OH is 1. The zero-order valence-corrected chi connectivity index (χ0v) is 22.1. The third kappa shape index (κ3) is 8.96. The number of benzene rings is 2. The first-order valence-electron chi connectivity index (χ1n) is 13.3. The molecule has 0 saturated carbocycles. The molecule has 8 heteroatoms. The summed E-state index contributed by atoms with van der Waals surface area (Å²) in [5.41, 5.74) is 3.40. The molecule has 0 fully saturated rings. The standard InChI is InChI=1S/C30H37F2N3O3/c1-3-6-26-25(11-12-34-26)28(36)9-10-30(38)35-27(16-22-14-23(31)17-24(32)15-22)29(37)19-33-18-21-8-5-7-20(4-2)13-21/h5,7-8,11-15,17,25,27,29,33,37H,3-4,6,9-10,16,18-19H2,1-2H3,(H,35,38)/t25?,27-,29+/m1/s1. The van der Waals surface area contributed by atoms with Gasteiger partial charge in [-0.25, -0.2) is 8.78 Å². The van der Waals surface area contributed by atoms with Crippen molar-refractivity contribution in [2.24, 2.45) is 10.9 Å². The van der Waals surface area contributed by atoms with Gasteiger partial charge in [0.25, 0.3) is 0 Å². The molecule has 0 radical (unpaired) electrons. The molecule has 6 nitrogen and oxygen atoms in total. The molecule has 0 saturated heterocycles. The van der Waals surface area contributed by atoms with E-state index in [9.17, 15) is 23.5 Å². The van der Waals surface area contributed by atoms with Crippen molar-refractivity contribution in [3.8, 4) is 0 Å². The molecule has 1 amide bonds. The first-order valence-corrected chi connectivity index (χ1v) is 13.3. The quantitative estimate of drug-likeness (QED) is 0.321. The lowest BCUT2D eigenvalue weighted by Gasteiger charge is -2.25. The van der Waals surface area contributed by atoms with Gasteiger partial charge < -0.3 is 15.7 Å². The molecule has 1 aliphatic heterocycles. The fraction of sp³-hybridized carbons (Fsp3) is 0.433. The molecule has 1 aliphatic rings. The number of nitrogens with zero attached hydrogens (tertiary/aromatic N) is 1. The largest absolute Gasteiger partial charge is 0.390 e. The molecule has 3 atom stereocenters. The second kappa shape index (κ2) is 14.6. The van der Waals surface area contributed by atoms with Crippen LogP contribution in [-0.2, 0) is 29.0 Å². The summed E-state index contributed by atoms with van der Waals surface area (Å²) in [5.74, 6) is -2.34. The number of aliphatic hydroxyl groups is 1. The summed E-state index contributed by atoms with van der Waals surface area (Å²) in [4.78, 5) is 29.7. The molecular formula is C30H37F2N3O3. The van der Waals surface area contributed by atoms with Crippen LogP contribution in [0.3, 0.4) is 0 Å². The Bertz CT molecular complexity index is 1140. The molecule has 0 spiro atoms. The molecular weight excluding hydrogens is 488 g/mol. The predicted octanol–water partition coefficient (Wildman–Crippen LogP) is 4.44. The first kappa shape index (κ1) is 29.3. The van der Waals surface area contributed by atoms with Gasteiger partial charge in [0.15, 0.2) is 0 Å². The van der Waals surface area contributed by atoms with Crippen molar-refractivity contribution >= 4 is 17.4 Å². The molecule has 204 valence electrons. The zero-order valence-electron chi connectivity index (χ0n) is 22.1. The van der Waals surface area contributed by atoms with E-state index in [0.29, 0.717) is 12.1 Å². The van der Waals surface area contributed by atoms with E-state index in [1.165, 1.54) is 17.7 Å². The van der Waals surface area contributed by atoms with Crippen molar-refractivity contribution in [1.82, 2.24) is 10.6 Å². The van der Waals surface area contributed by atoms with E-state index in [1.807, 2.05) is 25.1 Å². The van der Waals surface area contributed by atoms with Gasteiger partial charge in [-0.05, 0) is 48.1 Å². The number of hydrogen-bond acceptors (Lipinski definition) is 5. The maximum Gasteiger partial charge on any atom is 0.220 e. The Kier molecular flexibility index (Phi) is 11.3. The Morgan fingerprint density at radius 1 is 1.03 bits per heavy atom. The molecule has 0 bridgehead atoms. The number of aryl methyl sites for hydroxylation is 1. The number of carbonyl (C=O) groups is 2. The minimum Gasteiger partial charge on any atom is -0.390 e. The summed E-state index contributed by atoms with van der Waals surface area (Å²) < 4.78 is 27.6. The summed E-state index contributed by atoms with van der Waals surface area (Å²) in [6.07, 6.45) is 4.88. The second-order valence-corrected chi connectivity index (χ2v) is 9.68. The summed E-state index contributed by atoms with van der Waals surface area (Å²) in [6, 6.07) is 10.4. The van der Waals surface area contributed by atoms with Gasteiger partial charge in [-0.15, -0.1) is 0 Å². The number of nitrogens with one attached hydrogen (secondary N) is 2. The van der Waals surface area contributed by atoms with E-state index in [2.05, 4.69) is 28.6 Å². The van der Waals surface area contributed by atoms with E-state index >= 15 is 0 Å². The fourth-order valence-electron chi connectivity index (χ4n) is 4.59. The highest BCUT2D eigenvalue weighted by Crippen LogP contribution is 2.18. The summed E-state index contributed by atoms with van der Waals surface area (Å²) in [6.45, 7) is 4.77. The van der Waals surface area contributed by atoms with Gasteiger partial charge in [0.2, 0.25) is 5.91 Å². The van der Waals surface area contributed by atoms with Crippen LogP contribution in [0, 0.1) is 17.6 Å². The lowest BCUT2D eigenvalue weighted by molar-refractivity contribution is -0.126. The smallest absolute Gasteiger partial charge is 0.220 e. The highest BCUT2D eigenvalue weighted by atomic mass is 19.1. The van der Waals surface area contributed by atoms with Crippen molar-refractivity contribution < 1.29 is 23.5 Å². The van der Waals surface area contributed by atoms with Crippen LogP contribution in [0.5, 0.6) is 0 Å². The number of rotatable bonds is 15. The predicted molar refractivity (Wildman–Crippen MR) is 145 cm³/mol. The van der Waals surface area contributed by atoms with E-state index in [0.717, 1.165) is 36.6 Å². The lowest BCUT2D eigenvalue weighted by Crippen LogP contribution is -2.48. The van der Waals surface area contributed by atoms with Gasteiger partial charge in [0.05, 0.1) is 18.1 Å². The van der Waals surface area contributed by atoms with Gasteiger partial charge in [-0.2, -0.15) is 0 Å². The third-order valence-electron chi connectivity index (χ3n) is 6.60. The van der Waals surface area contributed by atoms with E-state index in [1.54, 1.807) is 12.3 Å². The highest BCUT2D eigenvalue weighted by molar-refractivity contribution is 6.08. The first-order chi connectivity index (χ1) is 18.3. The fourth-order valence-corrected chi connectivity index (χ4v) is 4.59. The zero-order chi connectivity index (χ0) is 27.5. The number of ketones is 1. The number of amides is 1. The molecule has 3 rings (SSSR count). The number of allylic oxidation sites excluding steroid dienone is 1. The minimum absolute atomic E-state index is 0.0290. The van der Waals surface area contributed by atoms with Crippen LogP contribution in [0.25, 0.3) is 0 Å². The molecule has 38 heavy (non-hydrogen) atoms. The Hall–Kier alpha value is -3.23. The van der Waals surface area contributed by atoms with Crippen molar-refractivity contribution in [2.75, 3.05) is 6.54 Å². The second-order valence-electron chi connectivity index (χ2n) is 9.68. The lowest BCUT2D eigenvalue weighted by atomic mass is 9.93. The van der Waals surface area contributed by atoms with Crippen molar-refractivity contribution in [3.63, 3.8) is 0 Å². The van der Waals surface area contributed by atoms with E-state index < -0.39 is 35.6 Å². The van der Waals surface area contributed by atoms with Crippen molar-refractivity contribution in [2.45, 2.75) is 71.1 Å². The average Bonchev–Trinajstić information content (AvgIpc) is 3.35. The Morgan fingerprint density at radius 2 is 1.76 bits per heavy atom. The van der Waals surface area contributed by atoms with Crippen LogP contribution < -0.4 is 10.6 Å². The number of hydrogen-bond donors (Lipinski definition) is 3. The Balaban J connectivity index is 1.60. The van der Waals surface area contributed by atoms with Crippen LogP contribution in [0.4, 0.5) is 8.78 Å². The van der Waals surface area contributed by atoms with Crippen LogP contribution in [0.15, 0.2) is 59.7 Å².